The molecule has 0 fully saturated rings. The number of benzene rings is 1. The van der Waals surface area contributed by atoms with Crippen molar-refractivity contribution in [1.29, 1.82) is 0 Å². The molecule has 1 aromatic carbocycles. The van der Waals surface area contributed by atoms with E-state index in [-0.39, 0.29) is 12.4 Å². The van der Waals surface area contributed by atoms with Gasteiger partial charge >= 0.3 is 0 Å². The first-order valence-corrected chi connectivity index (χ1v) is 7.16. The van der Waals surface area contributed by atoms with E-state index in [1.165, 1.54) is 29.9 Å². The molecule has 3 rings (SSSR count). The molecule has 0 aliphatic carbocycles. The Morgan fingerprint density at radius 1 is 1.20 bits per heavy atom. The van der Waals surface area contributed by atoms with E-state index in [1.54, 1.807) is 0 Å². The second-order valence-corrected chi connectivity index (χ2v) is 5.04. The van der Waals surface area contributed by atoms with Crippen molar-refractivity contribution in [1.82, 2.24) is 9.55 Å². The Balaban J connectivity index is 0.00000147. The molecule has 3 nitrogen and oxygen atoms in total. The minimum absolute atomic E-state index is 0. The molecule has 108 valence electrons. The predicted molar refractivity (Wildman–Crippen MR) is 83.6 cm³/mol. The van der Waals surface area contributed by atoms with Crippen molar-refractivity contribution in [2.75, 3.05) is 6.61 Å². The van der Waals surface area contributed by atoms with Crippen LogP contribution >= 0.6 is 12.4 Å². The van der Waals surface area contributed by atoms with Crippen molar-refractivity contribution in [3.8, 4) is 17.0 Å². The van der Waals surface area contributed by atoms with E-state index >= 15 is 0 Å². The maximum absolute atomic E-state index is 5.62. The number of hydrogen-bond acceptors (Lipinski definition) is 2. The van der Waals surface area contributed by atoms with E-state index in [4.69, 9.17) is 4.74 Å². The third kappa shape index (κ3) is 2.98. The third-order valence-corrected chi connectivity index (χ3v) is 3.59. The lowest BCUT2D eigenvalue weighted by molar-refractivity contribution is 0.317. The zero-order valence-electron chi connectivity index (χ0n) is 11.8. The van der Waals surface area contributed by atoms with Crippen LogP contribution in [-0.4, -0.2) is 16.2 Å². The summed E-state index contributed by atoms with van der Waals surface area (Å²) in [7, 11) is 0. The molecular formula is C16H21ClN2O. The lowest BCUT2D eigenvalue weighted by Gasteiger charge is -2.16. The summed E-state index contributed by atoms with van der Waals surface area (Å²) in [4.78, 5) is 4.54. The Hall–Kier alpha value is -1.48. The molecule has 0 unspecified atom stereocenters. The van der Waals surface area contributed by atoms with Crippen molar-refractivity contribution in [3.05, 3.63) is 36.3 Å². The molecule has 0 saturated carbocycles. The molecule has 0 bridgehead atoms. The number of aromatic nitrogens is 2. The highest BCUT2D eigenvalue weighted by Gasteiger charge is 2.14. The topological polar surface area (TPSA) is 27.1 Å². The first-order chi connectivity index (χ1) is 9.38. The fourth-order valence-electron chi connectivity index (χ4n) is 2.59. The molecule has 0 atom stereocenters. The Labute approximate surface area is 126 Å². The summed E-state index contributed by atoms with van der Waals surface area (Å²) in [5, 5.41) is 0. The number of ether oxygens (including phenoxy) is 1. The number of hydrogen-bond donors (Lipinski definition) is 0. The van der Waals surface area contributed by atoms with E-state index in [2.05, 4.69) is 28.6 Å². The van der Waals surface area contributed by atoms with E-state index in [9.17, 15) is 0 Å². The van der Waals surface area contributed by atoms with Crippen LogP contribution in [-0.2, 0) is 13.0 Å². The van der Waals surface area contributed by atoms with Gasteiger partial charge in [-0.05, 0) is 43.5 Å². The van der Waals surface area contributed by atoms with E-state index < -0.39 is 0 Å². The van der Waals surface area contributed by atoms with E-state index in [0.717, 1.165) is 31.7 Å². The van der Waals surface area contributed by atoms with Crippen LogP contribution in [0.3, 0.4) is 0 Å². The van der Waals surface area contributed by atoms with Crippen LogP contribution in [0.1, 0.15) is 32.0 Å². The van der Waals surface area contributed by atoms with Crippen LogP contribution in [0.25, 0.3) is 11.3 Å². The van der Waals surface area contributed by atoms with Gasteiger partial charge in [0.05, 0.1) is 18.5 Å². The minimum Gasteiger partial charge on any atom is -0.494 e. The normalized spacial score (nSPS) is 13.4. The first kappa shape index (κ1) is 14.9. The van der Waals surface area contributed by atoms with E-state index in [1.807, 2.05) is 18.3 Å². The summed E-state index contributed by atoms with van der Waals surface area (Å²) >= 11 is 0. The van der Waals surface area contributed by atoms with Crippen molar-refractivity contribution < 1.29 is 4.74 Å². The number of rotatable bonds is 4. The van der Waals surface area contributed by atoms with Gasteiger partial charge in [0.15, 0.2) is 0 Å². The van der Waals surface area contributed by atoms with Crippen LogP contribution in [0.15, 0.2) is 30.5 Å². The Kier molecular flexibility index (Phi) is 5.07. The van der Waals surface area contributed by atoms with Gasteiger partial charge in [0.2, 0.25) is 0 Å². The number of halogens is 1. The molecule has 1 aliphatic heterocycles. The van der Waals surface area contributed by atoms with Gasteiger partial charge in [0, 0.05) is 18.5 Å². The Bertz CT molecular complexity index is 548. The fraction of sp³-hybridized carbons (Fsp3) is 0.438. The SMILES string of the molecule is CCCOc1ccc(-c2cnc3n2CCCC3)cc1.Cl. The molecule has 0 radical (unpaired) electrons. The first-order valence-electron chi connectivity index (χ1n) is 7.16. The van der Waals surface area contributed by atoms with Gasteiger partial charge in [0.25, 0.3) is 0 Å². The third-order valence-electron chi connectivity index (χ3n) is 3.59. The van der Waals surface area contributed by atoms with Gasteiger partial charge in [0.1, 0.15) is 11.6 Å². The maximum atomic E-state index is 5.62. The highest BCUT2D eigenvalue weighted by molar-refractivity contribution is 5.85. The molecule has 1 aliphatic rings. The van der Waals surface area contributed by atoms with Crippen LogP contribution in [0.2, 0.25) is 0 Å². The van der Waals surface area contributed by atoms with Crippen LogP contribution < -0.4 is 4.74 Å². The van der Waals surface area contributed by atoms with Crippen LogP contribution in [0, 0.1) is 0 Å². The largest absolute Gasteiger partial charge is 0.494 e. The number of fused-ring (bicyclic) bond motifs is 1. The summed E-state index contributed by atoms with van der Waals surface area (Å²) < 4.78 is 7.97. The van der Waals surface area contributed by atoms with Crippen LogP contribution in [0.5, 0.6) is 5.75 Å². The summed E-state index contributed by atoms with van der Waals surface area (Å²) in [6.07, 6.45) is 6.67. The Morgan fingerprint density at radius 3 is 2.75 bits per heavy atom. The molecule has 0 saturated heterocycles. The molecule has 20 heavy (non-hydrogen) atoms. The highest BCUT2D eigenvalue weighted by atomic mass is 35.5. The Morgan fingerprint density at radius 2 is 2.00 bits per heavy atom. The number of aryl methyl sites for hydroxylation is 1. The second-order valence-electron chi connectivity index (χ2n) is 5.04. The van der Waals surface area contributed by atoms with Gasteiger partial charge in [-0.3, -0.25) is 0 Å². The van der Waals surface area contributed by atoms with Crippen molar-refractivity contribution >= 4 is 12.4 Å². The minimum atomic E-state index is 0. The molecule has 2 aromatic rings. The summed E-state index contributed by atoms with van der Waals surface area (Å²) in [6.45, 7) is 3.99. The lowest BCUT2D eigenvalue weighted by Crippen LogP contribution is -2.11. The number of nitrogens with zero attached hydrogens (tertiary/aromatic N) is 2. The molecule has 4 heteroatoms. The molecule has 0 spiro atoms. The standard InChI is InChI=1S/C16H20N2O.ClH/c1-2-11-19-14-8-6-13(7-9-14)15-12-17-16-5-3-4-10-18(15)16;/h6-9,12H,2-5,10-11H2,1H3;1H. The summed E-state index contributed by atoms with van der Waals surface area (Å²) in [5.74, 6) is 2.18. The molecular weight excluding hydrogens is 272 g/mol. The monoisotopic (exact) mass is 292 g/mol. The summed E-state index contributed by atoms with van der Waals surface area (Å²) in [5.41, 5.74) is 2.46. The second kappa shape index (κ2) is 6.80. The summed E-state index contributed by atoms with van der Waals surface area (Å²) in [6, 6.07) is 8.36. The van der Waals surface area contributed by atoms with Gasteiger partial charge in [-0.2, -0.15) is 0 Å². The number of imidazole rings is 1. The van der Waals surface area contributed by atoms with Crippen molar-refractivity contribution in [2.45, 2.75) is 39.2 Å². The predicted octanol–water partition coefficient (Wildman–Crippen LogP) is 4.10. The fourth-order valence-corrected chi connectivity index (χ4v) is 2.59. The quantitative estimate of drug-likeness (QED) is 0.848. The molecule has 1 aromatic heterocycles. The average Bonchev–Trinajstić information content (AvgIpc) is 2.90. The van der Waals surface area contributed by atoms with Crippen molar-refractivity contribution in [3.63, 3.8) is 0 Å². The molecule has 0 amide bonds. The zero-order valence-corrected chi connectivity index (χ0v) is 12.7. The smallest absolute Gasteiger partial charge is 0.119 e. The van der Waals surface area contributed by atoms with Gasteiger partial charge in [-0.15, -0.1) is 12.4 Å². The average molecular weight is 293 g/mol. The zero-order chi connectivity index (χ0) is 13.1. The van der Waals surface area contributed by atoms with E-state index in [0.29, 0.717) is 0 Å². The lowest BCUT2D eigenvalue weighted by atomic mass is 10.1. The van der Waals surface area contributed by atoms with Crippen LogP contribution in [0.4, 0.5) is 0 Å². The maximum Gasteiger partial charge on any atom is 0.119 e. The molecule has 2 heterocycles. The highest BCUT2D eigenvalue weighted by Crippen LogP contribution is 2.26. The molecule has 0 N–H and O–H groups in total. The van der Waals surface area contributed by atoms with Gasteiger partial charge in [-0.1, -0.05) is 6.92 Å². The van der Waals surface area contributed by atoms with Crippen molar-refractivity contribution in [2.24, 2.45) is 0 Å². The van der Waals surface area contributed by atoms with Gasteiger partial charge < -0.3 is 9.30 Å². The van der Waals surface area contributed by atoms with Gasteiger partial charge in [-0.25, -0.2) is 4.98 Å².